The molecule has 0 aliphatic carbocycles. The molecule has 1 heterocycles. The van der Waals surface area contributed by atoms with Gasteiger partial charge >= 0.3 is 6.03 Å². The van der Waals surface area contributed by atoms with Crippen LogP contribution in [0.25, 0.3) is 10.8 Å². The molecule has 0 bridgehead atoms. The van der Waals surface area contributed by atoms with Crippen LogP contribution in [0.5, 0.6) is 0 Å². The third-order valence-corrected chi connectivity index (χ3v) is 5.46. The number of nitrogens with one attached hydrogen (secondary N) is 2. The van der Waals surface area contributed by atoms with E-state index in [1.54, 1.807) is 0 Å². The lowest BCUT2D eigenvalue weighted by Crippen LogP contribution is -2.54. The van der Waals surface area contributed by atoms with E-state index in [-0.39, 0.29) is 18.1 Å². The number of morpholine rings is 1. The van der Waals surface area contributed by atoms with Crippen LogP contribution in [-0.2, 0) is 4.74 Å². The summed E-state index contributed by atoms with van der Waals surface area (Å²) in [7, 11) is 0. The smallest absolute Gasteiger partial charge is 0.322 e. The zero-order chi connectivity index (χ0) is 20.1. The Morgan fingerprint density at radius 1 is 1.07 bits per heavy atom. The molecular weight excluding hydrogens is 362 g/mol. The summed E-state index contributed by atoms with van der Waals surface area (Å²) in [4.78, 5) is 14.7. The number of urea groups is 1. The van der Waals surface area contributed by atoms with Crippen LogP contribution < -0.4 is 10.6 Å². The van der Waals surface area contributed by atoms with Crippen molar-refractivity contribution in [3.05, 3.63) is 78.4 Å². The maximum Gasteiger partial charge on any atom is 0.322 e. The van der Waals surface area contributed by atoms with Crippen LogP contribution in [-0.4, -0.2) is 43.3 Å². The molecule has 1 saturated heterocycles. The molecule has 1 unspecified atom stereocenters. The number of fused-ring (bicyclic) bond motifs is 1. The highest BCUT2D eigenvalue weighted by atomic mass is 16.5. The average Bonchev–Trinajstić information content (AvgIpc) is 2.78. The average molecular weight is 389 g/mol. The van der Waals surface area contributed by atoms with Gasteiger partial charge in [-0.15, -0.1) is 0 Å². The van der Waals surface area contributed by atoms with Gasteiger partial charge in [-0.2, -0.15) is 0 Å². The van der Waals surface area contributed by atoms with E-state index in [0.717, 1.165) is 5.69 Å². The fourth-order valence-corrected chi connectivity index (χ4v) is 3.86. The first kappa shape index (κ1) is 19.4. The number of amides is 2. The van der Waals surface area contributed by atoms with Gasteiger partial charge in [0.1, 0.15) is 0 Å². The molecule has 5 nitrogen and oxygen atoms in total. The van der Waals surface area contributed by atoms with E-state index >= 15 is 0 Å². The van der Waals surface area contributed by atoms with Crippen molar-refractivity contribution in [2.24, 2.45) is 0 Å². The number of hydrogen-bond acceptors (Lipinski definition) is 3. The number of benzene rings is 3. The standard InChI is InChI=1S/C24H27N3O2/c1-18(22-13-7-9-19-8-5-6-12-23(19)22)25-16-21-17-29-15-14-27(21)24(28)26-20-10-3-2-4-11-20/h2-13,18,21,25H,14-17H2,1H3,(H,26,28)/t18-,21?/m1/s1. The highest BCUT2D eigenvalue weighted by Crippen LogP contribution is 2.24. The molecule has 2 amide bonds. The van der Waals surface area contributed by atoms with Gasteiger partial charge in [0.25, 0.3) is 0 Å². The van der Waals surface area contributed by atoms with Crippen molar-refractivity contribution in [3.63, 3.8) is 0 Å². The van der Waals surface area contributed by atoms with Gasteiger partial charge in [0, 0.05) is 24.8 Å². The quantitative estimate of drug-likeness (QED) is 0.679. The van der Waals surface area contributed by atoms with Crippen LogP contribution in [0, 0.1) is 0 Å². The summed E-state index contributed by atoms with van der Waals surface area (Å²) in [6.45, 7) is 4.54. The molecule has 2 atom stereocenters. The van der Waals surface area contributed by atoms with E-state index in [1.165, 1.54) is 16.3 Å². The number of nitrogens with zero attached hydrogens (tertiary/aromatic N) is 1. The Balaban J connectivity index is 1.42. The van der Waals surface area contributed by atoms with Crippen molar-refractivity contribution in [3.8, 4) is 0 Å². The minimum atomic E-state index is -0.0795. The topological polar surface area (TPSA) is 53.6 Å². The molecule has 2 N–H and O–H groups in total. The van der Waals surface area contributed by atoms with Gasteiger partial charge in [0.15, 0.2) is 0 Å². The van der Waals surface area contributed by atoms with Crippen molar-refractivity contribution >= 4 is 22.5 Å². The van der Waals surface area contributed by atoms with E-state index in [4.69, 9.17) is 4.74 Å². The minimum absolute atomic E-state index is 0.00936. The maximum absolute atomic E-state index is 12.8. The Morgan fingerprint density at radius 3 is 2.69 bits per heavy atom. The molecule has 0 radical (unpaired) electrons. The number of ether oxygens (including phenoxy) is 1. The SMILES string of the molecule is C[C@@H](NCC1COCCN1C(=O)Nc1ccccc1)c1cccc2ccccc12. The molecule has 29 heavy (non-hydrogen) atoms. The fourth-order valence-electron chi connectivity index (χ4n) is 3.86. The summed E-state index contributed by atoms with van der Waals surface area (Å²) in [5.41, 5.74) is 2.07. The second-order valence-electron chi connectivity index (χ2n) is 7.42. The van der Waals surface area contributed by atoms with E-state index in [1.807, 2.05) is 35.2 Å². The predicted molar refractivity (Wildman–Crippen MR) is 117 cm³/mol. The van der Waals surface area contributed by atoms with E-state index in [9.17, 15) is 4.79 Å². The van der Waals surface area contributed by atoms with Gasteiger partial charge in [-0.1, -0.05) is 60.7 Å². The first-order valence-electron chi connectivity index (χ1n) is 10.1. The summed E-state index contributed by atoms with van der Waals surface area (Å²) in [5, 5.41) is 9.09. The van der Waals surface area contributed by atoms with Crippen molar-refractivity contribution in [2.75, 3.05) is 31.6 Å². The molecule has 4 rings (SSSR count). The Bertz CT molecular complexity index is 955. The highest BCUT2D eigenvalue weighted by Gasteiger charge is 2.27. The van der Waals surface area contributed by atoms with Crippen LogP contribution >= 0.6 is 0 Å². The molecule has 0 aromatic heterocycles. The largest absolute Gasteiger partial charge is 0.377 e. The number of carbonyl (C=O) groups excluding carboxylic acids is 1. The van der Waals surface area contributed by atoms with Gasteiger partial charge in [-0.25, -0.2) is 4.79 Å². The minimum Gasteiger partial charge on any atom is -0.377 e. The lowest BCUT2D eigenvalue weighted by Gasteiger charge is -2.36. The first-order valence-corrected chi connectivity index (χ1v) is 10.1. The Labute approximate surface area is 171 Å². The number of para-hydroxylation sites is 1. The van der Waals surface area contributed by atoms with Crippen LogP contribution in [0.1, 0.15) is 18.5 Å². The van der Waals surface area contributed by atoms with Crippen molar-refractivity contribution < 1.29 is 9.53 Å². The number of rotatable bonds is 5. The van der Waals surface area contributed by atoms with Crippen LogP contribution in [0.15, 0.2) is 72.8 Å². The second-order valence-corrected chi connectivity index (χ2v) is 7.42. The molecular formula is C24H27N3O2. The van der Waals surface area contributed by atoms with Gasteiger partial charge in [0.2, 0.25) is 0 Å². The molecule has 150 valence electrons. The zero-order valence-corrected chi connectivity index (χ0v) is 16.7. The van der Waals surface area contributed by atoms with Gasteiger partial charge in [-0.05, 0) is 35.4 Å². The van der Waals surface area contributed by atoms with E-state index < -0.39 is 0 Å². The monoisotopic (exact) mass is 389 g/mol. The summed E-state index contributed by atoms with van der Waals surface area (Å²) >= 11 is 0. The molecule has 3 aromatic carbocycles. The summed E-state index contributed by atoms with van der Waals surface area (Å²) in [6, 6.07) is 24.5. The highest BCUT2D eigenvalue weighted by molar-refractivity contribution is 5.89. The van der Waals surface area contributed by atoms with Gasteiger partial charge in [0.05, 0.1) is 19.3 Å². The lowest BCUT2D eigenvalue weighted by atomic mass is 9.99. The van der Waals surface area contributed by atoms with E-state index in [0.29, 0.717) is 26.3 Å². The Kier molecular flexibility index (Phi) is 6.08. The maximum atomic E-state index is 12.8. The van der Waals surface area contributed by atoms with Crippen LogP contribution in [0.3, 0.4) is 0 Å². The van der Waals surface area contributed by atoms with Crippen molar-refractivity contribution in [2.45, 2.75) is 19.0 Å². The second kappa shape index (κ2) is 9.07. The van der Waals surface area contributed by atoms with E-state index in [2.05, 4.69) is 60.0 Å². The molecule has 0 spiro atoms. The lowest BCUT2D eigenvalue weighted by molar-refractivity contribution is 0.0151. The fraction of sp³-hybridized carbons (Fsp3) is 0.292. The molecule has 1 aliphatic rings. The van der Waals surface area contributed by atoms with Crippen molar-refractivity contribution in [1.82, 2.24) is 10.2 Å². The molecule has 0 saturated carbocycles. The molecule has 1 aliphatic heterocycles. The van der Waals surface area contributed by atoms with Crippen molar-refractivity contribution in [1.29, 1.82) is 0 Å². The molecule has 3 aromatic rings. The number of hydrogen-bond donors (Lipinski definition) is 2. The third kappa shape index (κ3) is 4.58. The normalized spacial score (nSPS) is 17.8. The Hall–Kier alpha value is -2.89. The van der Waals surface area contributed by atoms with Gasteiger partial charge in [-0.3, -0.25) is 0 Å². The summed E-state index contributed by atoms with van der Waals surface area (Å²) < 4.78 is 5.66. The van der Waals surface area contributed by atoms with Gasteiger partial charge < -0.3 is 20.3 Å². The Morgan fingerprint density at radius 2 is 1.83 bits per heavy atom. The molecule has 5 heteroatoms. The summed E-state index contributed by atoms with van der Waals surface area (Å²) in [5.74, 6) is 0. The van der Waals surface area contributed by atoms with Crippen LogP contribution in [0.2, 0.25) is 0 Å². The predicted octanol–water partition coefficient (Wildman–Crippen LogP) is 4.42. The zero-order valence-electron chi connectivity index (χ0n) is 16.7. The van der Waals surface area contributed by atoms with Crippen LogP contribution in [0.4, 0.5) is 10.5 Å². The first-order chi connectivity index (χ1) is 14.2. The third-order valence-electron chi connectivity index (χ3n) is 5.46. The number of anilines is 1. The summed E-state index contributed by atoms with van der Waals surface area (Å²) in [6.07, 6.45) is 0. The number of carbonyl (C=O) groups is 1. The molecule has 1 fully saturated rings.